The lowest BCUT2D eigenvalue weighted by molar-refractivity contribution is -0.161. The highest BCUT2D eigenvalue weighted by Crippen LogP contribution is 2.45. The minimum Gasteiger partial charge on any atom is -0.462 e. The average Bonchev–Trinajstić information content (AvgIpc) is 3.66. The molecule has 510 valence electrons. The maximum Gasteiger partial charge on any atom is 0.472 e. The monoisotopic (exact) mass is 1270 g/mol. The molecule has 0 aromatic carbocycles. The maximum absolute atomic E-state index is 13.0. The van der Waals surface area contributed by atoms with Gasteiger partial charge in [0.2, 0.25) is 0 Å². The first-order valence-electron chi connectivity index (χ1n) is 35.1. The first kappa shape index (κ1) is 84.1. The molecule has 0 aromatic heterocycles. The highest BCUT2D eigenvalue weighted by atomic mass is 31.2. The fourth-order valence-electron chi connectivity index (χ4n) is 10.1. The number of rotatable bonds is 67. The molecule has 0 saturated carbocycles. The third kappa shape index (κ3) is 60.9. The van der Waals surface area contributed by atoms with Crippen LogP contribution in [0.5, 0.6) is 0 Å². The van der Waals surface area contributed by atoms with Crippen molar-refractivity contribution >= 4 is 39.5 Å². The molecule has 5 atom stereocenters. The Balaban J connectivity index is 5.20. The second-order valence-electron chi connectivity index (χ2n) is 24.7. The molecule has 3 N–H and O–H groups in total. The van der Waals surface area contributed by atoms with Crippen LogP contribution in [0.1, 0.15) is 343 Å². The lowest BCUT2D eigenvalue weighted by atomic mass is 10.0. The smallest absolute Gasteiger partial charge is 0.462 e. The van der Waals surface area contributed by atoms with Gasteiger partial charge >= 0.3 is 39.5 Å². The normalized spacial score (nSPS) is 14.2. The molecular formula is C67H130O17P2. The molecule has 0 heterocycles. The molecule has 0 rings (SSSR count). The summed E-state index contributed by atoms with van der Waals surface area (Å²) in [5, 5.41) is 10.5. The number of carbonyl (C=O) groups excluding carboxylic acids is 4. The first-order valence-corrected chi connectivity index (χ1v) is 38.1. The van der Waals surface area contributed by atoms with Crippen molar-refractivity contribution in [2.45, 2.75) is 361 Å². The molecule has 0 bridgehead atoms. The van der Waals surface area contributed by atoms with Crippen molar-refractivity contribution in [3.05, 3.63) is 0 Å². The van der Waals surface area contributed by atoms with Gasteiger partial charge in [-0.3, -0.25) is 37.3 Å². The molecule has 0 aliphatic rings. The van der Waals surface area contributed by atoms with E-state index in [9.17, 15) is 43.2 Å². The summed E-state index contributed by atoms with van der Waals surface area (Å²) in [6, 6.07) is 0. The van der Waals surface area contributed by atoms with Gasteiger partial charge in [0.15, 0.2) is 12.2 Å². The van der Waals surface area contributed by atoms with Crippen LogP contribution in [0.4, 0.5) is 0 Å². The Kier molecular flexibility index (Phi) is 59.2. The van der Waals surface area contributed by atoms with Crippen LogP contribution in [0.2, 0.25) is 0 Å². The number of hydrogen-bond donors (Lipinski definition) is 3. The van der Waals surface area contributed by atoms with Gasteiger partial charge in [-0.25, -0.2) is 9.13 Å². The Bertz CT molecular complexity index is 1670. The zero-order chi connectivity index (χ0) is 63.5. The van der Waals surface area contributed by atoms with Crippen molar-refractivity contribution in [1.82, 2.24) is 0 Å². The third-order valence-electron chi connectivity index (χ3n) is 15.5. The van der Waals surface area contributed by atoms with E-state index in [2.05, 4.69) is 34.6 Å². The summed E-state index contributed by atoms with van der Waals surface area (Å²) in [4.78, 5) is 72.3. The number of hydrogen-bond acceptors (Lipinski definition) is 15. The summed E-state index contributed by atoms with van der Waals surface area (Å²) in [6.07, 6.45) is 45.8. The van der Waals surface area contributed by atoms with E-state index in [0.717, 1.165) is 102 Å². The second-order valence-corrected chi connectivity index (χ2v) is 27.6. The van der Waals surface area contributed by atoms with E-state index in [1.807, 2.05) is 0 Å². The molecule has 0 aliphatic carbocycles. The van der Waals surface area contributed by atoms with Gasteiger partial charge in [-0.2, -0.15) is 0 Å². The Labute approximate surface area is 524 Å². The van der Waals surface area contributed by atoms with E-state index in [1.54, 1.807) is 0 Å². The Morgan fingerprint density at radius 3 is 0.791 bits per heavy atom. The standard InChI is InChI=1S/C67H130O17P2/c1-6-9-12-15-18-21-22-24-28-32-36-41-46-51-65(70)78-57-63(84-67(72)53-48-43-38-33-29-26-23-25-27-31-34-39-44-49-60(4)5)59-82-86(75,76)80-55-61(68)54-79-85(73,74)81-58-62(56-77-64(69)50-45-40-35-20-17-14-11-8-3)83-66(71)52-47-42-37-30-19-16-13-10-7-2/h60-63,68H,6-59H2,1-5H3,(H,73,74)(H,75,76)/t61-,62+,63+/m0/s1. The molecule has 86 heavy (non-hydrogen) atoms. The molecule has 0 spiro atoms. The SMILES string of the molecule is CCCCCCCCCCCCCCCC(=O)OC[C@H](COP(=O)(O)OC[C@@H](O)COP(=O)(O)OC[C@@H](COC(=O)CCCCCCCCCC)OC(=O)CCCCCCCCCCC)OC(=O)CCCCCCCCCCCCCCCC(C)C. The van der Waals surface area contributed by atoms with Gasteiger partial charge in [0.05, 0.1) is 26.4 Å². The van der Waals surface area contributed by atoms with Gasteiger partial charge in [-0.05, 0) is 31.6 Å². The van der Waals surface area contributed by atoms with E-state index in [1.165, 1.54) is 161 Å². The largest absolute Gasteiger partial charge is 0.472 e. The molecule has 0 aliphatic heterocycles. The Morgan fingerprint density at radius 2 is 0.535 bits per heavy atom. The van der Waals surface area contributed by atoms with Gasteiger partial charge < -0.3 is 33.8 Å². The number of aliphatic hydroxyl groups excluding tert-OH is 1. The van der Waals surface area contributed by atoms with Crippen LogP contribution in [0.25, 0.3) is 0 Å². The van der Waals surface area contributed by atoms with Crippen LogP contribution in [-0.2, 0) is 65.4 Å². The van der Waals surface area contributed by atoms with Crippen LogP contribution < -0.4 is 0 Å². The fraction of sp³-hybridized carbons (Fsp3) is 0.940. The number of phosphoric acid groups is 2. The van der Waals surface area contributed by atoms with Crippen LogP contribution in [0.3, 0.4) is 0 Å². The van der Waals surface area contributed by atoms with Crippen molar-refractivity contribution in [3.8, 4) is 0 Å². The average molecular weight is 1270 g/mol. The topological polar surface area (TPSA) is 237 Å². The zero-order valence-electron chi connectivity index (χ0n) is 55.4. The zero-order valence-corrected chi connectivity index (χ0v) is 57.2. The van der Waals surface area contributed by atoms with Crippen LogP contribution >= 0.6 is 15.6 Å². The first-order chi connectivity index (χ1) is 41.5. The molecule has 0 aromatic rings. The quantitative estimate of drug-likeness (QED) is 0.0222. The Hall–Kier alpha value is -1.94. The van der Waals surface area contributed by atoms with E-state index in [0.29, 0.717) is 25.7 Å². The molecule has 19 heteroatoms. The van der Waals surface area contributed by atoms with Gasteiger partial charge in [0, 0.05) is 25.7 Å². The van der Waals surface area contributed by atoms with Crippen molar-refractivity contribution < 1.29 is 80.2 Å². The Morgan fingerprint density at radius 1 is 0.314 bits per heavy atom. The summed E-state index contributed by atoms with van der Waals surface area (Å²) >= 11 is 0. The molecular weight excluding hydrogens is 1140 g/mol. The molecule has 17 nitrogen and oxygen atoms in total. The van der Waals surface area contributed by atoms with Gasteiger partial charge in [0.25, 0.3) is 0 Å². The van der Waals surface area contributed by atoms with Crippen molar-refractivity contribution in [3.63, 3.8) is 0 Å². The number of esters is 4. The third-order valence-corrected chi connectivity index (χ3v) is 17.4. The van der Waals surface area contributed by atoms with Gasteiger partial charge in [0.1, 0.15) is 19.3 Å². The predicted molar refractivity (Wildman–Crippen MR) is 345 cm³/mol. The van der Waals surface area contributed by atoms with Crippen LogP contribution in [0.15, 0.2) is 0 Å². The number of ether oxygens (including phenoxy) is 4. The van der Waals surface area contributed by atoms with Crippen molar-refractivity contribution in [1.29, 1.82) is 0 Å². The molecule has 2 unspecified atom stereocenters. The van der Waals surface area contributed by atoms with E-state index < -0.39 is 97.5 Å². The lowest BCUT2D eigenvalue weighted by Crippen LogP contribution is -2.30. The number of unbranched alkanes of at least 4 members (excludes halogenated alkanes) is 39. The lowest BCUT2D eigenvalue weighted by Gasteiger charge is -2.21. The molecule has 0 fully saturated rings. The van der Waals surface area contributed by atoms with Crippen LogP contribution in [0, 0.1) is 5.92 Å². The summed E-state index contributed by atoms with van der Waals surface area (Å²) in [5.41, 5.74) is 0. The number of carbonyl (C=O) groups is 4. The van der Waals surface area contributed by atoms with Gasteiger partial charge in [-0.1, -0.05) is 291 Å². The number of aliphatic hydroxyl groups is 1. The van der Waals surface area contributed by atoms with E-state index in [-0.39, 0.29) is 25.7 Å². The fourth-order valence-corrected chi connectivity index (χ4v) is 11.7. The molecule has 0 amide bonds. The number of phosphoric ester groups is 2. The molecule has 0 radical (unpaired) electrons. The van der Waals surface area contributed by atoms with E-state index >= 15 is 0 Å². The minimum atomic E-state index is -4.95. The highest BCUT2D eigenvalue weighted by Gasteiger charge is 2.30. The predicted octanol–water partition coefficient (Wildman–Crippen LogP) is 19.0. The maximum atomic E-state index is 13.0. The highest BCUT2D eigenvalue weighted by molar-refractivity contribution is 7.47. The second kappa shape index (κ2) is 60.6. The molecule has 0 saturated heterocycles. The summed E-state index contributed by atoms with van der Waals surface area (Å²) in [6.45, 7) is 7.20. The van der Waals surface area contributed by atoms with E-state index in [4.69, 9.17) is 37.0 Å². The summed E-state index contributed by atoms with van der Waals surface area (Å²) in [5.74, 6) is -1.34. The van der Waals surface area contributed by atoms with Crippen molar-refractivity contribution in [2.75, 3.05) is 39.6 Å². The van der Waals surface area contributed by atoms with Crippen LogP contribution in [-0.4, -0.2) is 96.7 Å². The minimum absolute atomic E-state index is 0.106. The van der Waals surface area contributed by atoms with Crippen molar-refractivity contribution in [2.24, 2.45) is 5.92 Å². The summed E-state index contributed by atoms with van der Waals surface area (Å²) in [7, 11) is -9.89. The van der Waals surface area contributed by atoms with Gasteiger partial charge in [-0.15, -0.1) is 0 Å². The summed E-state index contributed by atoms with van der Waals surface area (Å²) < 4.78 is 68.1.